The number of fused-ring (bicyclic) bond motifs is 2. The van der Waals surface area contributed by atoms with Crippen LogP contribution >= 0.6 is 0 Å². The predicted octanol–water partition coefficient (Wildman–Crippen LogP) is 3.19. The first-order chi connectivity index (χ1) is 22.2. The molecular weight excluding hydrogens is 590 g/mol. The summed E-state index contributed by atoms with van der Waals surface area (Å²) >= 11 is 0. The third-order valence-electron chi connectivity index (χ3n) is 7.26. The second-order valence-corrected chi connectivity index (χ2v) is 10.8. The highest BCUT2D eigenvalue weighted by molar-refractivity contribution is 5.85. The van der Waals surface area contributed by atoms with Crippen molar-refractivity contribution >= 4 is 18.4 Å². The molecule has 0 aliphatic carbocycles. The van der Waals surface area contributed by atoms with Crippen molar-refractivity contribution in [3.05, 3.63) is 118 Å². The fourth-order valence-electron chi connectivity index (χ4n) is 5.18. The standard InChI is InChI=1S/C32H35N7O4.CH2O2/c1-23-6-2-7-24(33-23)19-38-16-14-37(18-27-10-4-12-29(35-27)31(40)41)15-17-39(21-26-9-3-8-25(20-38)34-26)22-28-11-5-13-30(36-28)32(42)43;2-1-3/h2-13H,14-22H2,1H3,(H,40,41)(H,42,43);1H,(H,2,3). The lowest BCUT2D eigenvalue weighted by Crippen LogP contribution is -2.40. The molecule has 0 fully saturated rings. The number of carbonyl (C=O) groups is 3. The van der Waals surface area contributed by atoms with Crippen LogP contribution in [0, 0.1) is 6.92 Å². The van der Waals surface area contributed by atoms with E-state index in [4.69, 9.17) is 19.9 Å². The van der Waals surface area contributed by atoms with Gasteiger partial charge >= 0.3 is 11.9 Å². The first-order valence-electron chi connectivity index (χ1n) is 14.7. The molecule has 0 saturated heterocycles. The molecule has 3 N–H and O–H groups in total. The van der Waals surface area contributed by atoms with E-state index in [9.17, 15) is 19.8 Å². The Kier molecular flexibility index (Phi) is 12.4. The maximum atomic E-state index is 11.6. The van der Waals surface area contributed by atoms with Crippen LogP contribution in [-0.2, 0) is 37.5 Å². The van der Waals surface area contributed by atoms with Crippen LogP contribution in [0.5, 0.6) is 0 Å². The SMILES string of the molecule is Cc1cccc(CN2CCN(Cc3cccc(C(=O)O)n3)CCN(Cc3cccc(C(=O)O)n3)Cc3cccc(n3)C2)n1.O=CO. The third kappa shape index (κ3) is 10.5. The number of aryl methyl sites for hydroxylation is 1. The maximum absolute atomic E-state index is 11.6. The van der Waals surface area contributed by atoms with Gasteiger partial charge in [-0.2, -0.15) is 0 Å². The van der Waals surface area contributed by atoms with Crippen LogP contribution in [0.2, 0.25) is 0 Å². The third-order valence-corrected chi connectivity index (χ3v) is 7.26. The minimum Gasteiger partial charge on any atom is -0.483 e. The molecule has 240 valence electrons. The van der Waals surface area contributed by atoms with Crippen molar-refractivity contribution < 1.29 is 29.7 Å². The van der Waals surface area contributed by atoms with E-state index in [1.807, 2.05) is 55.5 Å². The van der Waals surface area contributed by atoms with Crippen LogP contribution in [0.3, 0.4) is 0 Å². The monoisotopic (exact) mass is 627 g/mol. The highest BCUT2D eigenvalue weighted by atomic mass is 16.4. The molecule has 2 bridgehead atoms. The molecular formula is C33H37N7O6. The lowest BCUT2D eigenvalue weighted by molar-refractivity contribution is -0.122. The Morgan fingerprint density at radius 3 is 1.48 bits per heavy atom. The van der Waals surface area contributed by atoms with Gasteiger partial charge in [0.1, 0.15) is 11.4 Å². The molecule has 0 spiro atoms. The van der Waals surface area contributed by atoms with Crippen LogP contribution in [0.1, 0.15) is 55.1 Å². The Morgan fingerprint density at radius 2 is 1.02 bits per heavy atom. The molecule has 4 aromatic heterocycles. The van der Waals surface area contributed by atoms with Crippen LogP contribution < -0.4 is 0 Å². The molecule has 0 aromatic carbocycles. The summed E-state index contributed by atoms with van der Waals surface area (Å²) in [6.45, 7) is 7.35. The number of aromatic nitrogens is 4. The van der Waals surface area contributed by atoms with Crippen LogP contribution in [0.15, 0.2) is 72.8 Å². The van der Waals surface area contributed by atoms with Crippen molar-refractivity contribution in [2.75, 3.05) is 26.2 Å². The molecule has 0 radical (unpaired) electrons. The summed E-state index contributed by atoms with van der Waals surface area (Å²) in [5.41, 5.74) is 5.24. The molecule has 0 unspecified atom stereocenters. The Balaban J connectivity index is 0.00000154. The Morgan fingerprint density at radius 1 is 0.630 bits per heavy atom. The molecule has 1 aliphatic rings. The Bertz CT molecular complexity index is 1640. The molecule has 0 amide bonds. The minimum atomic E-state index is -1.06. The van der Waals surface area contributed by atoms with Crippen molar-refractivity contribution in [3.8, 4) is 0 Å². The zero-order chi connectivity index (χ0) is 32.9. The van der Waals surface area contributed by atoms with Crippen LogP contribution in [0.4, 0.5) is 0 Å². The number of hydrogen-bond donors (Lipinski definition) is 3. The average Bonchev–Trinajstić information content (AvgIpc) is 3.02. The van der Waals surface area contributed by atoms with Gasteiger partial charge in [0.2, 0.25) is 0 Å². The topological polar surface area (TPSA) is 173 Å². The number of hydrogen-bond acceptors (Lipinski definition) is 10. The van der Waals surface area contributed by atoms with Gasteiger partial charge in [-0.1, -0.05) is 24.3 Å². The summed E-state index contributed by atoms with van der Waals surface area (Å²) in [6, 6.07) is 22.2. The van der Waals surface area contributed by atoms with Crippen molar-refractivity contribution in [3.63, 3.8) is 0 Å². The zero-order valence-corrected chi connectivity index (χ0v) is 25.6. The number of rotatable bonds is 8. The van der Waals surface area contributed by atoms with Gasteiger partial charge in [-0.25, -0.2) is 19.6 Å². The van der Waals surface area contributed by atoms with E-state index >= 15 is 0 Å². The summed E-state index contributed by atoms with van der Waals surface area (Å²) in [4.78, 5) is 56.7. The molecule has 0 saturated carbocycles. The van der Waals surface area contributed by atoms with Gasteiger partial charge in [0, 0.05) is 64.6 Å². The predicted molar refractivity (Wildman–Crippen MR) is 168 cm³/mol. The lowest BCUT2D eigenvalue weighted by Gasteiger charge is -2.31. The average molecular weight is 628 g/mol. The van der Waals surface area contributed by atoms with Crippen LogP contribution in [0.25, 0.3) is 0 Å². The van der Waals surface area contributed by atoms with Gasteiger partial charge in [-0.15, -0.1) is 0 Å². The van der Waals surface area contributed by atoms with Crippen molar-refractivity contribution in [2.24, 2.45) is 0 Å². The van der Waals surface area contributed by atoms with Gasteiger partial charge in [0.25, 0.3) is 6.47 Å². The minimum absolute atomic E-state index is 0.0150. The zero-order valence-electron chi connectivity index (χ0n) is 25.6. The van der Waals surface area contributed by atoms with E-state index in [2.05, 4.69) is 24.7 Å². The van der Waals surface area contributed by atoms with Crippen molar-refractivity contribution in [1.82, 2.24) is 34.6 Å². The molecule has 13 heteroatoms. The largest absolute Gasteiger partial charge is 0.483 e. The van der Waals surface area contributed by atoms with E-state index in [1.54, 1.807) is 12.1 Å². The van der Waals surface area contributed by atoms with E-state index < -0.39 is 11.9 Å². The summed E-state index contributed by atoms with van der Waals surface area (Å²) in [6.07, 6.45) is 0. The molecule has 5 rings (SSSR count). The first kappa shape index (κ1) is 33.8. The number of carboxylic acids is 2. The summed E-state index contributed by atoms with van der Waals surface area (Å²) in [5.74, 6) is -2.11. The number of nitrogens with zero attached hydrogens (tertiary/aromatic N) is 7. The van der Waals surface area contributed by atoms with Gasteiger partial charge < -0.3 is 15.3 Å². The van der Waals surface area contributed by atoms with Crippen molar-refractivity contribution in [2.45, 2.75) is 39.6 Å². The molecule has 4 aromatic rings. The van der Waals surface area contributed by atoms with Crippen molar-refractivity contribution in [1.29, 1.82) is 0 Å². The van der Waals surface area contributed by atoms with Crippen LogP contribution in [-0.4, -0.2) is 94.5 Å². The van der Waals surface area contributed by atoms with Gasteiger partial charge in [0.15, 0.2) is 0 Å². The number of carboxylic acid groups (broad SMARTS) is 3. The van der Waals surface area contributed by atoms with E-state index in [0.29, 0.717) is 63.7 Å². The molecule has 0 atom stereocenters. The van der Waals surface area contributed by atoms with E-state index in [-0.39, 0.29) is 17.9 Å². The second kappa shape index (κ2) is 16.8. The smallest absolute Gasteiger partial charge is 0.354 e. The molecule has 1 aliphatic heterocycles. The summed E-state index contributed by atoms with van der Waals surface area (Å²) in [7, 11) is 0. The highest BCUT2D eigenvalue weighted by Gasteiger charge is 2.19. The first-order valence-corrected chi connectivity index (χ1v) is 14.7. The highest BCUT2D eigenvalue weighted by Crippen LogP contribution is 2.15. The van der Waals surface area contributed by atoms with Gasteiger partial charge in [-0.05, 0) is 55.5 Å². The fourth-order valence-corrected chi connectivity index (χ4v) is 5.18. The quantitative estimate of drug-likeness (QED) is 0.243. The Labute approximate surface area is 266 Å². The Hall–Kier alpha value is -5.11. The normalized spacial score (nSPS) is 14.6. The number of aromatic carboxylic acids is 2. The maximum Gasteiger partial charge on any atom is 0.354 e. The van der Waals surface area contributed by atoms with E-state index in [0.717, 1.165) is 29.3 Å². The second-order valence-electron chi connectivity index (χ2n) is 10.8. The molecule has 13 nitrogen and oxygen atoms in total. The number of pyridine rings is 4. The fraction of sp³-hybridized carbons (Fsp3) is 0.303. The molecule has 46 heavy (non-hydrogen) atoms. The summed E-state index contributed by atoms with van der Waals surface area (Å²) in [5, 5.41) is 25.8. The summed E-state index contributed by atoms with van der Waals surface area (Å²) < 4.78 is 0. The van der Waals surface area contributed by atoms with E-state index in [1.165, 1.54) is 12.1 Å². The molecule has 5 heterocycles. The lowest BCUT2D eigenvalue weighted by atomic mass is 10.2. The van der Waals surface area contributed by atoms with Gasteiger partial charge in [-0.3, -0.25) is 29.5 Å². The van der Waals surface area contributed by atoms with Gasteiger partial charge in [0.05, 0.1) is 28.5 Å².